The monoisotopic (exact) mass is 600 g/mol. The van der Waals surface area contributed by atoms with Crippen LogP contribution < -0.4 is 23.7 Å². The average molecular weight is 601 g/mol. The third-order valence-electron chi connectivity index (χ3n) is 5.49. The van der Waals surface area contributed by atoms with Gasteiger partial charge in [0, 0.05) is 30.7 Å². The normalized spacial score (nSPS) is 11.6. The summed E-state index contributed by atoms with van der Waals surface area (Å²) in [5, 5.41) is -0.244. The van der Waals surface area contributed by atoms with Gasteiger partial charge in [-0.3, -0.25) is 9.71 Å². The lowest BCUT2D eigenvalue weighted by atomic mass is 10.2. The van der Waals surface area contributed by atoms with Crippen molar-refractivity contribution in [3.8, 4) is 34.5 Å². The Morgan fingerprint density at radius 1 is 0.927 bits per heavy atom. The molecule has 0 aliphatic rings. The van der Waals surface area contributed by atoms with Gasteiger partial charge in [-0.1, -0.05) is 18.2 Å². The third kappa shape index (κ3) is 7.65. The SMILES string of the molecule is CCS(=O)(=O)NCCOc1nc(-c2ccncc2)nc(NS(=O)(=O)c2ccc(C)cn2)c1Oc1ccccc1OC. The molecule has 3 heterocycles. The molecule has 15 heteroatoms. The molecule has 13 nitrogen and oxygen atoms in total. The Hall–Kier alpha value is -4.34. The summed E-state index contributed by atoms with van der Waals surface area (Å²) in [6.07, 6.45) is 4.48. The lowest BCUT2D eigenvalue weighted by Gasteiger charge is -2.18. The number of rotatable bonds is 13. The minimum absolute atomic E-state index is 0.0762. The van der Waals surface area contributed by atoms with Gasteiger partial charge < -0.3 is 14.2 Å². The van der Waals surface area contributed by atoms with Crippen LogP contribution in [0.2, 0.25) is 0 Å². The molecule has 0 bridgehead atoms. The molecule has 2 N–H and O–H groups in total. The second-order valence-corrected chi connectivity index (χ2v) is 12.2. The van der Waals surface area contributed by atoms with E-state index in [4.69, 9.17) is 14.2 Å². The number of pyridine rings is 2. The van der Waals surface area contributed by atoms with Gasteiger partial charge >= 0.3 is 0 Å². The smallest absolute Gasteiger partial charge is 0.280 e. The van der Waals surface area contributed by atoms with Gasteiger partial charge in [0.05, 0.1) is 12.9 Å². The van der Waals surface area contributed by atoms with Crippen LogP contribution in [-0.4, -0.2) is 62.8 Å². The Morgan fingerprint density at radius 3 is 2.32 bits per heavy atom. The number of para-hydroxylation sites is 2. The minimum Gasteiger partial charge on any atom is -0.493 e. The molecule has 4 aromatic rings. The Balaban J connectivity index is 1.83. The molecule has 4 rings (SSSR count). The van der Waals surface area contributed by atoms with E-state index in [0.717, 1.165) is 5.56 Å². The number of hydrogen-bond donors (Lipinski definition) is 2. The average Bonchev–Trinajstić information content (AvgIpc) is 2.97. The fraction of sp³-hybridized carbons (Fsp3) is 0.231. The molecule has 0 aliphatic heterocycles. The second-order valence-electron chi connectivity index (χ2n) is 8.44. The van der Waals surface area contributed by atoms with Crippen LogP contribution in [0.15, 0.2) is 72.1 Å². The maximum Gasteiger partial charge on any atom is 0.280 e. The van der Waals surface area contributed by atoms with Crippen molar-refractivity contribution < 1.29 is 31.0 Å². The first-order chi connectivity index (χ1) is 19.6. The molecule has 3 aromatic heterocycles. The van der Waals surface area contributed by atoms with E-state index >= 15 is 0 Å². The van der Waals surface area contributed by atoms with Crippen LogP contribution in [0.25, 0.3) is 11.4 Å². The summed E-state index contributed by atoms with van der Waals surface area (Å²) in [5.74, 6) is -0.0116. The quantitative estimate of drug-likeness (QED) is 0.216. The Kier molecular flexibility index (Phi) is 9.31. The number of anilines is 1. The van der Waals surface area contributed by atoms with Crippen molar-refractivity contribution in [2.45, 2.75) is 18.9 Å². The van der Waals surface area contributed by atoms with Crippen molar-refractivity contribution in [3.63, 3.8) is 0 Å². The number of aryl methyl sites for hydroxylation is 1. The van der Waals surface area contributed by atoms with E-state index in [1.165, 1.54) is 38.7 Å². The molecule has 0 radical (unpaired) electrons. The third-order valence-corrected chi connectivity index (χ3v) is 8.15. The molecule has 0 unspecified atom stereocenters. The van der Waals surface area contributed by atoms with E-state index in [1.807, 2.05) is 0 Å². The number of nitrogens with zero attached hydrogens (tertiary/aromatic N) is 4. The van der Waals surface area contributed by atoms with E-state index in [-0.39, 0.29) is 53.0 Å². The fourth-order valence-corrected chi connectivity index (χ4v) is 4.91. The van der Waals surface area contributed by atoms with Crippen molar-refractivity contribution in [3.05, 3.63) is 72.7 Å². The predicted octanol–water partition coefficient (Wildman–Crippen LogP) is 3.16. The highest BCUT2D eigenvalue weighted by Crippen LogP contribution is 2.41. The van der Waals surface area contributed by atoms with Crippen molar-refractivity contribution >= 4 is 25.9 Å². The molecule has 41 heavy (non-hydrogen) atoms. The Morgan fingerprint density at radius 2 is 1.66 bits per heavy atom. The van der Waals surface area contributed by atoms with Crippen LogP contribution in [0.1, 0.15) is 12.5 Å². The van der Waals surface area contributed by atoms with Gasteiger partial charge in [0.25, 0.3) is 15.9 Å². The molecule has 0 saturated heterocycles. The molecular weight excluding hydrogens is 572 g/mol. The van der Waals surface area contributed by atoms with Gasteiger partial charge in [0.1, 0.15) is 6.61 Å². The summed E-state index contributed by atoms with van der Waals surface area (Å²) in [6, 6.07) is 12.9. The first kappa shape index (κ1) is 29.6. The zero-order valence-corrected chi connectivity index (χ0v) is 24.1. The number of benzene rings is 1. The van der Waals surface area contributed by atoms with Gasteiger partial charge in [-0.25, -0.2) is 23.1 Å². The van der Waals surface area contributed by atoms with E-state index in [0.29, 0.717) is 11.3 Å². The summed E-state index contributed by atoms with van der Waals surface area (Å²) in [6.45, 7) is 3.06. The molecule has 0 aliphatic carbocycles. The summed E-state index contributed by atoms with van der Waals surface area (Å²) < 4.78 is 72.7. The molecule has 0 amide bonds. The zero-order valence-electron chi connectivity index (χ0n) is 22.4. The number of aromatic nitrogens is 4. The highest BCUT2D eigenvalue weighted by Gasteiger charge is 2.26. The molecule has 0 spiro atoms. The van der Waals surface area contributed by atoms with Gasteiger partial charge in [-0.05, 0) is 49.7 Å². The lowest BCUT2D eigenvalue weighted by Crippen LogP contribution is -2.29. The lowest BCUT2D eigenvalue weighted by molar-refractivity contribution is 0.292. The largest absolute Gasteiger partial charge is 0.493 e. The number of nitrogens with one attached hydrogen (secondary N) is 2. The van der Waals surface area contributed by atoms with E-state index < -0.39 is 20.0 Å². The van der Waals surface area contributed by atoms with Crippen LogP contribution in [0.3, 0.4) is 0 Å². The number of hydrogen-bond acceptors (Lipinski definition) is 11. The zero-order chi connectivity index (χ0) is 29.5. The van der Waals surface area contributed by atoms with E-state index in [2.05, 4.69) is 29.4 Å². The number of ether oxygens (including phenoxy) is 3. The first-order valence-corrected chi connectivity index (χ1v) is 15.4. The second kappa shape index (κ2) is 12.9. The van der Waals surface area contributed by atoms with E-state index in [1.54, 1.807) is 49.4 Å². The van der Waals surface area contributed by atoms with Gasteiger partial charge in [0.2, 0.25) is 15.8 Å². The topological polar surface area (TPSA) is 172 Å². The summed E-state index contributed by atoms with van der Waals surface area (Å²) >= 11 is 0. The number of sulfonamides is 2. The van der Waals surface area contributed by atoms with Crippen LogP contribution in [0, 0.1) is 6.92 Å². The maximum atomic E-state index is 13.4. The standard InChI is InChI=1S/C26H28N6O7S2/c1-4-40(33,34)29-15-16-38-26-23(39-21-8-6-5-7-20(21)37-3)25(30-24(31-26)19-11-13-27-14-12-19)32-41(35,36)22-10-9-18(2)17-28-22/h5-14,17,29H,4,15-16H2,1-3H3,(H,30,31,32). The highest BCUT2D eigenvalue weighted by atomic mass is 32.2. The Labute approximate surface area is 238 Å². The van der Waals surface area contributed by atoms with Gasteiger partial charge in [0.15, 0.2) is 28.2 Å². The predicted molar refractivity (Wildman–Crippen MR) is 151 cm³/mol. The summed E-state index contributed by atoms with van der Waals surface area (Å²) in [4.78, 5) is 16.9. The molecule has 0 atom stereocenters. The maximum absolute atomic E-state index is 13.4. The van der Waals surface area contributed by atoms with Crippen LogP contribution in [-0.2, 0) is 20.0 Å². The van der Waals surface area contributed by atoms with Crippen molar-refractivity contribution in [2.24, 2.45) is 0 Å². The van der Waals surface area contributed by atoms with Gasteiger partial charge in [-0.2, -0.15) is 13.4 Å². The Bertz CT molecular complexity index is 1700. The van der Waals surface area contributed by atoms with Gasteiger partial charge in [-0.15, -0.1) is 0 Å². The number of methoxy groups -OCH3 is 1. The molecule has 0 saturated carbocycles. The van der Waals surface area contributed by atoms with Crippen LogP contribution >= 0.6 is 0 Å². The fourth-order valence-electron chi connectivity index (χ4n) is 3.37. The summed E-state index contributed by atoms with van der Waals surface area (Å²) in [5.41, 5.74) is 1.29. The first-order valence-electron chi connectivity index (χ1n) is 12.3. The highest BCUT2D eigenvalue weighted by molar-refractivity contribution is 7.92. The minimum atomic E-state index is -4.25. The molecule has 0 fully saturated rings. The van der Waals surface area contributed by atoms with E-state index in [9.17, 15) is 16.8 Å². The van der Waals surface area contributed by atoms with Crippen LogP contribution in [0.4, 0.5) is 5.82 Å². The summed E-state index contributed by atoms with van der Waals surface area (Å²) in [7, 11) is -6.27. The van der Waals surface area contributed by atoms with Crippen molar-refractivity contribution in [1.82, 2.24) is 24.7 Å². The van der Waals surface area contributed by atoms with Crippen molar-refractivity contribution in [1.29, 1.82) is 0 Å². The van der Waals surface area contributed by atoms with Crippen LogP contribution in [0.5, 0.6) is 23.1 Å². The van der Waals surface area contributed by atoms with Crippen molar-refractivity contribution in [2.75, 3.05) is 30.7 Å². The molecule has 216 valence electrons. The molecule has 1 aromatic carbocycles. The molecular formula is C26H28N6O7S2.